The van der Waals surface area contributed by atoms with E-state index in [9.17, 15) is 13.2 Å². The number of nitrogens with zero attached hydrogens (tertiary/aromatic N) is 1. The molecule has 0 radical (unpaired) electrons. The highest BCUT2D eigenvalue weighted by atomic mass is 35.5. The summed E-state index contributed by atoms with van der Waals surface area (Å²) >= 11 is 5.89. The second-order valence-corrected chi connectivity index (χ2v) is 8.71. The summed E-state index contributed by atoms with van der Waals surface area (Å²) < 4.78 is 32.9. The molecular formula is C20H25ClN2O4S. The van der Waals surface area contributed by atoms with Crippen LogP contribution in [0, 0.1) is 13.8 Å². The Bertz CT molecular complexity index is 932. The minimum Gasteiger partial charge on any atom is -0.492 e. The summed E-state index contributed by atoms with van der Waals surface area (Å²) in [5.74, 6) is 0.466. The SMILES string of the molecule is Cc1ccc(C)c(S(=O)(=O)NCCC(=O)N(C)CCOc2cccc(Cl)c2)c1. The molecule has 2 aromatic rings. The molecule has 8 heteroatoms. The van der Waals surface area contributed by atoms with Gasteiger partial charge in [0.25, 0.3) is 0 Å². The van der Waals surface area contributed by atoms with Crippen LogP contribution in [0.5, 0.6) is 5.75 Å². The number of sulfonamides is 1. The zero-order valence-electron chi connectivity index (χ0n) is 16.2. The zero-order chi connectivity index (χ0) is 20.7. The molecule has 6 nitrogen and oxygen atoms in total. The highest BCUT2D eigenvalue weighted by Gasteiger charge is 2.17. The first-order valence-electron chi connectivity index (χ1n) is 8.88. The smallest absolute Gasteiger partial charge is 0.240 e. The van der Waals surface area contributed by atoms with Gasteiger partial charge in [-0.3, -0.25) is 4.79 Å². The Balaban J connectivity index is 1.78. The van der Waals surface area contributed by atoms with Crippen LogP contribution in [0.15, 0.2) is 47.4 Å². The van der Waals surface area contributed by atoms with E-state index < -0.39 is 10.0 Å². The highest BCUT2D eigenvalue weighted by molar-refractivity contribution is 7.89. The second kappa shape index (κ2) is 9.91. The van der Waals surface area contributed by atoms with Crippen LogP contribution in [0.1, 0.15) is 17.5 Å². The molecule has 2 aromatic carbocycles. The predicted octanol–water partition coefficient (Wildman–Crippen LogP) is 3.16. The maximum absolute atomic E-state index is 12.4. The molecule has 0 saturated heterocycles. The first-order valence-corrected chi connectivity index (χ1v) is 10.7. The fraction of sp³-hybridized carbons (Fsp3) is 0.350. The lowest BCUT2D eigenvalue weighted by Gasteiger charge is -2.18. The van der Waals surface area contributed by atoms with E-state index in [4.69, 9.17) is 16.3 Å². The maximum Gasteiger partial charge on any atom is 0.240 e. The molecular weight excluding hydrogens is 400 g/mol. The van der Waals surface area contributed by atoms with Gasteiger partial charge in [-0.1, -0.05) is 29.8 Å². The molecule has 0 aromatic heterocycles. The maximum atomic E-state index is 12.4. The Labute approximate surface area is 171 Å². The molecule has 0 fully saturated rings. The number of hydrogen-bond donors (Lipinski definition) is 1. The van der Waals surface area contributed by atoms with Gasteiger partial charge >= 0.3 is 0 Å². The van der Waals surface area contributed by atoms with Crippen molar-refractivity contribution in [1.29, 1.82) is 0 Å². The molecule has 1 amide bonds. The van der Waals surface area contributed by atoms with Crippen molar-refractivity contribution in [2.75, 3.05) is 26.7 Å². The van der Waals surface area contributed by atoms with Crippen molar-refractivity contribution >= 4 is 27.5 Å². The molecule has 0 aliphatic heterocycles. The first kappa shape index (κ1) is 22.2. The Morgan fingerprint density at radius 2 is 1.93 bits per heavy atom. The monoisotopic (exact) mass is 424 g/mol. The molecule has 0 aliphatic carbocycles. The fourth-order valence-electron chi connectivity index (χ4n) is 2.54. The number of carbonyl (C=O) groups is 1. The minimum absolute atomic E-state index is 0.0358. The number of carbonyl (C=O) groups excluding carboxylic acids is 1. The Morgan fingerprint density at radius 1 is 1.18 bits per heavy atom. The van der Waals surface area contributed by atoms with Gasteiger partial charge < -0.3 is 9.64 Å². The van der Waals surface area contributed by atoms with Crippen LogP contribution in [0.2, 0.25) is 5.02 Å². The molecule has 0 spiro atoms. The van der Waals surface area contributed by atoms with Crippen LogP contribution < -0.4 is 9.46 Å². The Hall–Kier alpha value is -2.09. The van der Waals surface area contributed by atoms with Gasteiger partial charge in [-0.25, -0.2) is 13.1 Å². The summed E-state index contributed by atoms with van der Waals surface area (Å²) in [4.78, 5) is 13.9. The van der Waals surface area contributed by atoms with Crippen molar-refractivity contribution in [3.8, 4) is 5.75 Å². The summed E-state index contributed by atoms with van der Waals surface area (Å²) in [5, 5.41) is 0.582. The highest BCUT2D eigenvalue weighted by Crippen LogP contribution is 2.17. The lowest BCUT2D eigenvalue weighted by molar-refractivity contribution is -0.130. The number of aryl methyl sites for hydroxylation is 2. The molecule has 1 N–H and O–H groups in total. The average Bonchev–Trinajstić information content (AvgIpc) is 2.63. The largest absolute Gasteiger partial charge is 0.492 e. The molecule has 0 atom stereocenters. The molecule has 0 bridgehead atoms. The van der Waals surface area contributed by atoms with E-state index in [1.54, 1.807) is 50.4 Å². The lowest BCUT2D eigenvalue weighted by Crippen LogP contribution is -2.34. The zero-order valence-corrected chi connectivity index (χ0v) is 17.8. The number of halogens is 1. The Kier molecular flexibility index (Phi) is 7.86. The van der Waals surface area contributed by atoms with Gasteiger partial charge in [-0.2, -0.15) is 0 Å². The number of benzene rings is 2. The van der Waals surface area contributed by atoms with Crippen LogP contribution in [-0.4, -0.2) is 46.0 Å². The van der Waals surface area contributed by atoms with E-state index in [0.29, 0.717) is 29.5 Å². The molecule has 0 heterocycles. The van der Waals surface area contributed by atoms with Gasteiger partial charge in [0.05, 0.1) is 11.4 Å². The van der Waals surface area contributed by atoms with E-state index in [-0.39, 0.29) is 23.8 Å². The normalized spacial score (nSPS) is 11.3. The number of rotatable bonds is 9. The number of ether oxygens (including phenoxy) is 1. The van der Waals surface area contributed by atoms with Crippen molar-refractivity contribution in [3.63, 3.8) is 0 Å². The van der Waals surface area contributed by atoms with Crippen molar-refractivity contribution < 1.29 is 17.9 Å². The van der Waals surface area contributed by atoms with Crippen LogP contribution in [0.3, 0.4) is 0 Å². The molecule has 152 valence electrons. The summed E-state index contributed by atoms with van der Waals surface area (Å²) in [6.45, 7) is 4.31. The Morgan fingerprint density at radius 3 is 2.64 bits per heavy atom. The summed E-state index contributed by atoms with van der Waals surface area (Å²) in [5.41, 5.74) is 1.53. The van der Waals surface area contributed by atoms with E-state index in [1.807, 2.05) is 13.0 Å². The van der Waals surface area contributed by atoms with E-state index in [0.717, 1.165) is 5.56 Å². The van der Waals surface area contributed by atoms with Crippen LogP contribution in [0.25, 0.3) is 0 Å². The van der Waals surface area contributed by atoms with Crippen LogP contribution >= 0.6 is 11.6 Å². The van der Waals surface area contributed by atoms with Gasteiger partial charge in [-0.15, -0.1) is 0 Å². The molecule has 0 saturated carbocycles. The van der Waals surface area contributed by atoms with Gasteiger partial charge in [0.15, 0.2) is 0 Å². The quantitative estimate of drug-likeness (QED) is 0.670. The number of likely N-dealkylation sites (N-methyl/N-ethyl adjacent to an activating group) is 1. The second-order valence-electron chi connectivity index (χ2n) is 6.54. The topological polar surface area (TPSA) is 75.7 Å². The predicted molar refractivity (Wildman–Crippen MR) is 110 cm³/mol. The molecule has 28 heavy (non-hydrogen) atoms. The van der Waals surface area contributed by atoms with Gasteiger partial charge in [0, 0.05) is 25.0 Å². The van der Waals surface area contributed by atoms with Crippen LogP contribution in [-0.2, 0) is 14.8 Å². The summed E-state index contributed by atoms with van der Waals surface area (Å²) in [7, 11) is -1.99. The van der Waals surface area contributed by atoms with Crippen LogP contribution in [0.4, 0.5) is 0 Å². The third kappa shape index (κ3) is 6.51. The van der Waals surface area contributed by atoms with Crippen molar-refractivity contribution in [1.82, 2.24) is 9.62 Å². The third-order valence-electron chi connectivity index (χ3n) is 4.18. The standard InChI is InChI=1S/C20H25ClN2O4S/c1-15-7-8-16(2)19(13-15)28(25,26)22-10-9-20(24)23(3)11-12-27-18-6-4-5-17(21)14-18/h4-8,13-14,22H,9-12H2,1-3H3. The molecule has 0 aliphatic rings. The summed E-state index contributed by atoms with van der Waals surface area (Å²) in [6, 6.07) is 12.3. The molecule has 2 rings (SSSR count). The lowest BCUT2D eigenvalue weighted by atomic mass is 10.2. The number of hydrogen-bond acceptors (Lipinski definition) is 4. The van der Waals surface area contributed by atoms with E-state index in [1.165, 1.54) is 4.90 Å². The van der Waals surface area contributed by atoms with E-state index >= 15 is 0 Å². The summed E-state index contributed by atoms with van der Waals surface area (Å²) in [6.07, 6.45) is 0.0672. The first-order chi connectivity index (χ1) is 13.2. The van der Waals surface area contributed by atoms with Gasteiger partial charge in [-0.05, 0) is 49.2 Å². The number of nitrogens with one attached hydrogen (secondary N) is 1. The van der Waals surface area contributed by atoms with Gasteiger partial charge in [0.2, 0.25) is 15.9 Å². The molecule has 0 unspecified atom stereocenters. The van der Waals surface area contributed by atoms with Crippen molar-refractivity contribution in [2.24, 2.45) is 0 Å². The third-order valence-corrected chi connectivity index (χ3v) is 6.02. The minimum atomic E-state index is -3.65. The fourth-order valence-corrected chi connectivity index (χ4v) is 4.08. The van der Waals surface area contributed by atoms with Crippen molar-refractivity contribution in [3.05, 3.63) is 58.6 Å². The number of amides is 1. The van der Waals surface area contributed by atoms with Crippen molar-refractivity contribution in [2.45, 2.75) is 25.2 Å². The van der Waals surface area contributed by atoms with E-state index in [2.05, 4.69) is 4.72 Å². The van der Waals surface area contributed by atoms with Gasteiger partial charge in [0.1, 0.15) is 12.4 Å². The average molecular weight is 425 g/mol.